The first-order valence-corrected chi connectivity index (χ1v) is 8.39. The maximum atomic E-state index is 5.76. The normalized spacial score (nSPS) is 17.8. The highest BCUT2D eigenvalue weighted by molar-refractivity contribution is 5.79. The number of benzene rings is 1. The summed E-state index contributed by atoms with van der Waals surface area (Å²) in [4.78, 5) is 4.70. The third-order valence-electron chi connectivity index (χ3n) is 4.43. The topological polar surface area (TPSA) is 54.9 Å². The molecule has 0 aromatic heterocycles. The molecule has 0 spiro atoms. The number of aryl methyl sites for hydroxylation is 1. The lowest BCUT2D eigenvalue weighted by atomic mass is 9.94. The van der Waals surface area contributed by atoms with Gasteiger partial charge in [0.15, 0.2) is 5.96 Å². The molecule has 2 rings (SSSR count). The number of ether oxygens (including phenoxy) is 2. The summed E-state index contributed by atoms with van der Waals surface area (Å²) in [7, 11) is 1.78. The van der Waals surface area contributed by atoms with Crippen molar-refractivity contribution >= 4 is 5.96 Å². The molecule has 0 atom stereocenters. The van der Waals surface area contributed by atoms with Crippen LogP contribution in [-0.2, 0) is 16.0 Å². The molecule has 1 aliphatic heterocycles. The summed E-state index contributed by atoms with van der Waals surface area (Å²) >= 11 is 0. The number of methoxy groups -OCH3 is 1. The monoisotopic (exact) mass is 319 g/mol. The second-order valence-corrected chi connectivity index (χ2v) is 5.97. The molecule has 2 N–H and O–H groups in total. The molecule has 0 saturated carbocycles. The molecule has 0 aliphatic carbocycles. The molecule has 1 heterocycles. The lowest BCUT2D eigenvalue weighted by Crippen LogP contribution is -2.50. The average Bonchev–Trinajstić information content (AvgIpc) is 2.59. The first kappa shape index (κ1) is 17.8. The van der Waals surface area contributed by atoms with Crippen molar-refractivity contribution in [3.05, 3.63) is 35.4 Å². The largest absolute Gasteiger partial charge is 0.381 e. The van der Waals surface area contributed by atoms with Crippen molar-refractivity contribution in [2.45, 2.75) is 38.8 Å². The minimum Gasteiger partial charge on any atom is -0.381 e. The van der Waals surface area contributed by atoms with E-state index < -0.39 is 0 Å². The number of hydrogen-bond donors (Lipinski definition) is 2. The Morgan fingerprint density at radius 3 is 2.65 bits per heavy atom. The zero-order valence-electron chi connectivity index (χ0n) is 14.5. The van der Waals surface area contributed by atoms with Crippen molar-refractivity contribution in [2.75, 3.05) is 33.4 Å². The van der Waals surface area contributed by atoms with Gasteiger partial charge in [-0.1, -0.05) is 24.3 Å². The molecule has 0 bridgehead atoms. The van der Waals surface area contributed by atoms with Gasteiger partial charge in [0, 0.05) is 46.3 Å². The van der Waals surface area contributed by atoms with E-state index in [-0.39, 0.29) is 5.60 Å². The van der Waals surface area contributed by atoms with Crippen LogP contribution in [0, 0.1) is 6.92 Å². The average molecular weight is 319 g/mol. The molecular formula is C18H29N3O2. The van der Waals surface area contributed by atoms with E-state index in [2.05, 4.69) is 48.7 Å². The van der Waals surface area contributed by atoms with Gasteiger partial charge in [0.1, 0.15) is 0 Å². The summed E-state index contributed by atoms with van der Waals surface area (Å²) in [6.45, 7) is 7.96. The third kappa shape index (κ3) is 5.22. The summed E-state index contributed by atoms with van der Waals surface area (Å²) in [5.74, 6) is 0.832. The van der Waals surface area contributed by atoms with Crippen LogP contribution in [0.15, 0.2) is 29.3 Å². The van der Waals surface area contributed by atoms with Crippen LogP contribution in [0.2, 0.25) is 0 Å². The zero-order valence-corrected chi connectivity index (χ0v) is 14.5. The smallest absolute Gasteiger partial charge is 0.191 e. The summed E-state index contributed by atoms with van der Waals surface area (Å²) in [5.41, 5.74) is 2.36. The van der Waals surface area contributed by atoms with Crippen LogP contribution in [-0.4, -0.2) is 45.0 Å². The molecule has 1 fully saturated rings. The standard InChI is InChI=1S/C18H29N3O2/c1-4-19-17(20-13-16-8-6-5-7-15(16)2)21-14-18(22-3)9-11-23-12-10-18/h5-8H,4,9-14H2,1-3H3,(H2,19,20,21). The highest BCUT2D eigenvalue weighted by atomic mass is 16.5. The Morgan fingerprint density at radius 2 is 2.00 bits per heavy atom. The number of hydrogen-bond acceptors (Lipinski definition) is 3. The van der Waals surface area contributed by atoms with E-state index in [0.29, 0.717) is 6.54 Å². The van der Waals surface area contributed by atoms with E-state index in [4.69, 9.17) is 14.5 Å². The van der Waals surface area contributed by atoms with E-state index in [1.54, 1.807) is 7.11 Å². The fourth-order valence-electron chi connectivity index (χ4n) is 2.73. The summed E-state index contributed by atoms with van der Waals surface area (Å²) in [6.07, 6.45) is 1.82. The molecule has 1 aliphatic rings. The summed E-state index contributed by atoms with van der Waals surface area (Å²) < 4.78 is 11.2. The van der Waals surface area contributed by atoms with E-state index in [0.717, 1.165) is 45.1 Å². The fraction of sp³-hybridized carbons (Fsp3) is 0.611. The van der Waals surface area contributed by atoms with Crippen molar-refractivity contribution in [3.63, 3.8) is 0 Å². The lowest BCUT2D eigenvalue weighted by Gasteiger charge is -2.36. The van der Waals surface area contributed by atoms with Gasteiger partial charge in [-0.05, 0) is 25.0 Å². The molecule has 1 aromatic rings. The number of guanidine groups is 1. The van der Waals surface area contributed by atoms with Gasteiger partial charge < -0.3 is 20.1 Å². The molecule has 0 unspecified atom stereocenters. The SMILES string of the molecule is CCNC(=NCc1ccccc1C)NCC1(OC)CCOCC1. The first-order chi connectivity index (χ1) is 11.2. The van der Waals surface area contributed by atoms with Gasteiger partial charge in [0.25, 0.3) is 0 Å². The Balaban J connectivity index is 1.97. The zero-order chi connectivity index (χ0) is 16.5. The quantitative estimate of drug-likeness (QED) is 0.624. The van der Waals surface area contributed by atoms with Crippen molar-refractivity contribution in [1.29, 1.82) is 0 Å². The molecular weight excluding hydrogens is 290 g/mol. The summed E-state index contributed by atoms with van der Waals surface area (Å²) in [5, 5.41) is 6.74. The third-order valence-corrected chi connectivity index (χ3v) is 4.43. The predicted octanol–water partition coefficient (Wildman–Crippen LogP) is 2.25. The minimum absolute atomic E-state index is 0.156. The highest BCUT2D eigenvalue weighted by Gasteiger charge is 2.32. The van der Waals surface area contributed by atoms with Crippen molar-refractivity contribution in [1.82, 2.24) is 10.6 Å². The van der Waals surface area contributed by atoms with Crippen LogP contribution in [0.4, 0.5) is 0 Å². The second kappa shape index (κ2) is 8.89. The fourth-order valence-corrected chi connectivity index (χ4v) is 2.73. The van der Waals surface area contributed by atoms with Crippen LogP contribution in [0.3, 0.4) is 0 Å². The van der Waals surface area contributed by atoms with Gasteiger partial charge in [-0.3, -0.25) is 0 Å². The van der Waals surface area contributed by atoms with Gasteiger partial charge in [-0.15, -0.1) is 0 Å². The number of aliphatic imine (C=N–C) groups is 1. The second-order valence-electron chi connectivity index (χ2n) is 5.97. The number of rotatable bonds is 6. The number of nitrogens with zero attached hydrogens (tertiary/aromatic N) is 1. The molecule has 0 radical (unpaired) electrons. The Kier molecular flexibility index (Phi) is 6.86. The van der Waals surface area contributed by atoms with E-state index >= 15 is 0 Å². The van der Waals surface area contributed by atoms with Gasteiger partial charge in [0.2, 0.25) is 0 Å². The van der Waals surface area contributed by atoms with Gasteiger partial charge in [-0.2, -0.15) is 0 Å². The molecule has 0 amide bonds. The van der Waals surface area contributed by atoms with Gasteiger partial charge in [0.05, 0.1) is 12.1 Å². The first-order valence-electron chi connectivity index (χ1n) is 8.39. The maximum absolute atomic E-state index is 5.76. The molecule has 128 valence electrons. The lowest BCUT2D eigenvalue weighted by molar-refractivity contribution is -0.0855. The molecule has 1 aromatic carbocycles. The van der Waals surface area contributed by atoms with Crippen LogP contribution >= 0.6 is 0 Å². The van der Waals surface area contributed by atoms with Gasteiger partial charge in [-0.25, -0.2) is 4.99 Å². The van der Waals surface area contributed by atoms with E-state index in [1.807, 2.05) is 0 Å². The Labute approximate surface area is 139 Å². The van der Waals surface area contributed by atoms with Crippen molar-refractivity contribution in [3.8, 4) is 0 Å². The Morgan fingerprint density at radius 1 is 1.26 bits per heavy atom. The molecule has 5 heteroatoms. The predicted molar refractivity (Wildman–Crippen MR) is 93.8 cm³/mol. The van der Waals surface area contributed by atoms with Crippen LogP contribution in [0.1, 0.15) is 30.9 Å². The maximum Gasteiger partial charge on any atom is 0.191 e. The van der Waals surface area contributed by atoms with Crippen molar-refractivity contribution < 1.29 is 9.47 Å². The highest BCUT2D eigenvalue weighted by Crippen LogP contribution is 2.23. The van der Waals surface area contributed by atoms with Crippen LogP contribution in [0.25, 0.3) is 0 Å². The molecule has 1 saturated heterocycles. The molecule has 5 nitrogen and oxygen atoms in total. The van der Waals surface area contributed by atoms with Crippen LogP contribution < -0.4 is 10.6 Å². The Hall–Kier alpha value is -1.59. The van der Waals surface area contributed by atoms with Crippen LogP contribution in [0.5, 0.6) is 0 Å². The number of nitrogens with one attached hydrogen (secondary N) is 2. The van der Waals surface area contributed by atoms with Gasteiger partial charge >= 0.3 is 0 Å². The van der Waals surface area contributed by atoms with Crippen molar-refractivity contribution in [2.24, 2.45) is 4.99 Å². The summed E-state index contributed by atoms with van der Waals surface area (Å²) in [6, 6.07) is 8.35. The molecule has 23 heavy (non-hydrogen) atoms. The Bertz CT molecular complexity index is 511. The van der Waals surface area contributed by atoms with E-state index in [1.165, 1.54) is 11.1 Å². The van der Waals surface area contributed by atoms with E-state index in [9.17, 15) is 0 Å². The minimum atomic E-state index is -0.156.